The molecule has 0 aliphatic rings. The van der Waals surface area contributed by atoms with Crippen LogP contribution in [0.5, 0.6) is 5.75 Å². The second kappa shape index (κ2) is 9.84. The SMILES string of the molecule is CCOc1ccc(N(CCCC(=O)Nc2ccc(C(F)(F)F)cc2)S(C)(=O)=O)cc1. The third-order valence-corrected chi connectivity index (χ3v) is 5.29. The molecular formula is C20H23F3N2O4S. The van der Waals surface area contributed by atoms with Crippen molar-refractivity contribution < 1.29 is 31.1 Å². The number of sulfonamides is 1. The number of anilines is 2. The van der Waals surface area contributed by atoms with Gasteiger partial charge in [-0.3, -0.25) is 9.10 Å². The van der Waals surface area contributed by atoms with Crippen LogP contribution in [0.3, 0.4) is 0 Å². The van der Waals surface area contributed by atoms with E-state index in [1.54, 1.807) is 24.3 Å². The highest BCUT2D eigenvalue weighted by molar-refractivity contribution is 7.92. The molecule has 0 unspecified atom stereocenters. The zero-order chi connectivity index (χ0) is 22.4. The van der Waals surface area contributed by atoms with Gasteiger partial charge in [-0.05, 0) is 61.9 Å². The van der Waals surface area contributed by atoms with E-state index in [1.807, 2.05) is 6.92 Å². The Labute approximate surface area is 173 Å². The minimum atomic E-state index is -4.45. The topological polar surface area (TPSA) is 75.7 Å². The quantitative estimate of drug-likeness (QED) is 0.626. The number of alkyl halides is 3. The number of benzene rings is 2. The highest BCUT2D eigenvalue weighted by Gasteiger charge is 2.30. The van der Waals surface area contributed by atoms with Crippen LogP contribution in [0.15, 0.2) is 48.5 Å². The fraction of sp³-hybridized carbons (Fsp3) is 0.350. The molecule has 1 N–H and O–H groups in total. The molecule has 2 aromatic rings. The van der Waals surface area contributed by atoms with Crippen LogP contribution in [0.1, 0.15) is 25.3 Å². The summed E-state index contributed by atoms with van der Waals surface area (Å²) in [6.45, 7) is 2.41. The zero-order valence-corrected chi connectivity index (χ0v) is 17.4. The van der Waals surface area contributed by atoms with Crippen molar-refractivity contribution in [2.45, 2.75) is 25.9 Å². The third-order valence-electron chi connectivity index (χ3n) is 4.10. The van der Waals surface area contributed by atoms with Crippen LogP contribution in [0.2, 0.25) is 0 Å². The predicted octanol–water partition coefficient (Wildman–Crippen LogP) is 4.29. The zero-order valence-electron chi connectivity index (χ0n) is 16.6. The van der Waals surface area contributed by atoms with Crippen molar-refractivity contribution in [1.82, 2.24) is 0 Å². The number of nitrogens with one attached hydrogen (secondary N) is 1. The standard InChI is InChI=1S/C20H23F3N2O4S/c1-3-29-18-12-10-17(11-13-18)25(30(2,27)28)14-4-5-19(26)24-16-8-6-15(7-9-16)20(21,22)23/h6-13H,3-5,14H2,1-2H3,(H,24,26). The largest absolute Gasteiger partial charge is 0.494 e. The molecule has 1 amide bonds. The van der Waals surface area contributed by atoms with E-state index in [-0.39, 0.29) is 25.1 Å². The number of rotatable bonds is 9. The van der Waals surface area contributed by atoms with Crippen LogP contribution in [0.25, 0.3) is 0 Å². The van der Waals surface area contributed by atoms with Gasteiger partial charge in [-0.2, -0.15) is 13.2 Å². The maximum absolute atomic E-state index is 12.6. The smallest absolute Gasteiger partial charge is 0.416 e. The summed E-state index contributed by atoms with van der Waals surface area (Å²) in [6, 6.07) is 10.7. The van der Waals surface area contributed by atoms with Gasteiger partial charge in [0.05, 0.1) is 24.1 Å². The molecule has 2 aromatic carbocycles. The van der Waals surface area contributed by atoms with Crippen LogP contribution in [-0.2, 0) is 21.0 Å². The summed E-state index contributed by atoms with van der Waals surface area (Å²) in [5, 5.41) is 2.50. The van der Waals surface area contributed by atoms with Gasteiger partial charge in [0.2, 0.25) is 15.9 Å². The van der Waals surface area contributed by atoms with E-state index in [0.29, 0.717) is 18.0 Å². The molecule has 30 heavy (non-hydrogen) atoms. The average Bonchev–Trinajstić information content (AvgIpc) is 2.65. The molecule has 0 heterocycles. The summed E-state index contributed by atoms with van der Waals surface area (Å²) in [7, 11) is -3.56. The molecule has 0 radical (unpaired) electrons. The fourth-order valence-corrected chi connectivity index (χ4v) is 3.68. The number of nitrogens with zero attached hydrogens (tertiary/aromatic N) is 1. The van der Waals surface area contributed by atoms with E-state index in [4.69, 9.17) is 4.74 Å². The van der Waals surface area contributed by atoms with Gasteiger partial charge in [0.25, 0.3) is 0 Å². The first-order valence-corrected chi connectivity index (χ1v) is 11.0. The Balaban J connectivity index is 1.94. The Hall–Kier alpha value is -2.75. The molecule has 0 spiro atoms. The molecule has 0 atom stereocenters. The van der Waals surface area contributed by atoms with Gasteiger partial charge < -0.3 is 10.1 Å². The van der Waals surface area contributed by atoms with Crippen LogP contribution < -0.4 is 14.4 Å². The van der Waals surface area contributed by atoms with Gasteiger partial charge in [0, 0.05) is 18.7 Å². The summed E-state index contributed by atoms with van der Waals surface area (Å²) in [4.78, 5) is 12.1. The minimum Gasteiger partial charge on any atom is -0.494 e. The van der Waals surface area contributed by atoms with Crippen LogP contribution in [-0.4, -0.2) is 33.7 Å². The average molecular weight is 444 g/mol. The van der Waals surface area contributed by atoms with Gasteiger partial charge in [-0.25, -0.2) is 8.42 Å². The third kappa shape index (κ3) is 6.94. The Morgan fingerprint density at radius 3 is 2.17 bits per heavy atom. The number of hydrogen-bond donors (Lipinski definition) is 1. The van der Waals surface area contributed by atoms with Crippen molar-refractivity contribution in [3.63, 3.8) is 0 Å². The first-order valence-electron chi connectivity index (χ1n) is 9.18. The lowest BCUT2D eigenvalue weighted by Gasteiger charge is -2.22. The summed E-state index contributed by atoms with van der Waals surface area (Å²) in [5.74, 6) is 0.195. The van der Waals surface area contributed by atoms with Gasteiger partial charge >= 0.3 is 6.18 Å². The van der Waals surface area contributed by atoms with E-state index in [9.17, 15) is 26.4 Å². The minimum absolute atomic E-state index is 0.00404. The second-order valence-electron chi connectivity index (χ2n) is 6.49. The lowest BCUT2D eigenvalue weighted by atomic mass is 10.2. The first-order chi connectivity index (χ1) is 14.0. The highest BCUT2D eigenvalue weighted by Crippen LogP contribution is 2.30. The monoisotopic (exact) mass is 444 g/mol. The van der Waals surface area contributed by atoms with Crippen molar-refractivity contribution in [2.75, 3.05) is 29.0 Å². The number of amides is 1. The molecule has 2 rings (SSSR count). The van der Waals surface area contributed by atoms with E-state index < -0.39 is 27.7 Å². The fourth-order valence-electron chi connectivity index (χ4n) is 2.71. The predicted molar refractivity (Wildman–Crippen MR) is 109 cm³/mol. The van der Waals surface area contributed by atoms with E-state index >= 15 is 0 Å². The summed E-state index contributed by atoms with van der Waals surface area (Å²) < 4.78 is 68.5. The number of carbonyl (C=O) groups is 1. The molecule has 0 fully saturated rings. The highest BCUT2D eigenvalue weighted by atomic mass is 32.2. The summed E-state index contributed by atoms with van der Waals surface area (Å²) >= 11 is 0. The summed E-state index contributed by atoms with van der Waals surface area (Å²) in [5.41, 5.74) is -0.122. The maximum Gasteiger partial charge on any atom is 0.416 e. The number of hydrogen-bond acceptors (Lipinski definition) is 4. The van der Waals surface area contributed by atoms with E-state index in [1.165, 1.54) is 16.4 Å². The van der Waals surface area contributed by atoms with Crippen molar-refractivity contribution in [2.24, 2.45) is 0 Å². The van der Waals surface area contributed by atoms with Crippen molar-refractivity contribution in [3.05, 3.63) is 54.1 Å². The molecule has 0 saturated heterocycles. The molecule has 0 aliphatic carbocycles. The normalized spacial score (nSPS) is 11.8. The molecule has 6 nitrogen and oxygen atoms in total. The Kier molecular flexibility index (Phi) is 7.71. The number of ether oxygens (including phenoxy) is 1. The molecule has 0 aliphatic heterocycles. The van der Waals surface area contributed by atoms with Crippen LogP contribution in [0.4, 0.5) is 24.5 Å². The van der Waals surface area contributed by atoms with Crippen molar-refractivity contribution in [1.29, 1.82) is 0 Å². The van der Waals surface area contributed by atoms with Gasteiger partial charge in [-0.15, -0.1) is 0 Å². The Bertz CT molecular complexity index is 944. The molecule has 0 aromatic heterocycles. The van der Waals surface area contributed by atoms with Gasteiger partial charge in [0.1, 0.15) is 5.75 Å². The van der Waals surface area contributed by atoms with E-state index in [0.717, 1.165) is 18.4 Å². The molecule has 0 saturated carbocycles. The Morgan fingerprint density at radius 2 is 1.67 bits per heavy atom. The summed E-state index contributed by atoms with van der Waals surface area (Å²) in [6.07, 6.45) is -3.14. The molecule has 10 heteroatoms. The molecular weight excluding hydrogens is 421 g/mol. The molecule has 164 valence electrons. The van der Waals surface area contributed by atoms with Crippen molar-refractivity contribution >= 4 is 27.3 Å². The second-order valence-corrected chi connectivity index (χ2v) is 8.40. The van der Waals surface area contributed by atoms with Crippen LogP contribution in [0, 0.1) is 0 Å². The lowest BCUT2D eigenvalue weighted by molar-refractivity contribution is -0.137. The molecule has 0 bridgehead atoms. The lowest BCUT2D eigenvalue weighted by Crippen LogP contribution is -2.31. The van der Waals surface area contributed by atoms with Crippen molar-refractivity contribution in [3.8, 4) is 5.75 Å². The maximum atomic E-state index is 12.6. The Morgan fingerprint density at radius 1 is 1.07 bits per heavy atom. The van der Waals surface area contributed by atoms with Gasteiger partial charge in [-0.1, -0.05) is 0 Å². The first kappa shape index (κ1) is 23.5. The number of carbonyl (C=O) groups excluding carboxylic acids is 1. The van der Waals surface area contributed by atoms with Gasteiger partial charge in [0.15, 0.2) is 0 Å². The number of halogens is 3. The van der Waals surface area contributed by atoms with Crippen LogP contribution >= 0.6 is 0 Å². The van der Waals surface area contributed by atoms with E-state index in [2.05, 4.69) is 5.32 Å².